The quantitative estimate of drug-likeness (QED) is 0.823. The molecule has 0 saturated carbocycles. The third kappa shape index (κ3) is 3.51. The molecule has 2 fully saturated rings. The maximum absolute atomic E-state index is 14.3. The number of anilines is 2. The van der Waals surface area contributed by atoms with E-state index in [0.29, 0.717) is 6.42 Å². The van der Waals surface area contributed by atoms with E-state index in [-0.39, 0.29) is 43.5 Å². The molecule has 1 atom stereocenters. The van der Waals surface area contributed by atoms with Crippen LogP contribution in [-0.2, 0) is 9.53 Å². The first-order valence-corrected chi connectivity index (χ1v) is 8.06. The Morgan fingerprint density at radius 1 is 1.32 bits per heavy atom. The number of aliphatic hydroxyl groups excluding tert-OH is 1. The lowest BCUT2D eigenvalue weighted by Crippen LogP contribution is -2.51. The van der Waals surface area contributed by atoms with Gasteiger partial charge in [-0.3, -0.25) is 9.69 Å². The first-order chi connectivity index (χ1) is 11.9. The Bertz CT molecular complexity index is 671. The minimum absolute atomic E-state index is 0.0501. The molecule has 2 aliphatic heterocycles. The Morgan fingerprint density at radius 3 is 2.52 bits per heavy atom. The number of carbonyl (C=O) groups excluding carboxylic acids is 2. The summed E-state index contributed by atoms with van der Waals surface area (Å²) in [5.74, 6) is -1.79. The Hall–Kier alpha value is -2.42. The molecule has 0 bridgehead atoms. The second kappa shape index (κ2) is 6.83. The van der Waals surface area contributed by atoms with Gasteiger partial charge in [-0.05, 0) is 0 Å². The number of cyclic esters (lactones) is 1. The molecule has 0 radical (unpaired) electrons. The molecule has 136 valence electrons. The SMILES string of the molecule is CCC(=O)NC[C@H]1CN(c2cc(F)c(N3CC(O)C3)c(F)c2)C(=O)O1. The van der Waals surface area contributed by atoms with Crippen molar-refractivity contribution in [1.82, 2.24) is 5.32 Å². The van der Waals surface area contributed by atoms with Crippen molar-refractivity contribution in [2.24, 2.45) is 0 Å². The molecule has 0 aromatic heterocycles. The van der Waals surface area contributed by atoms with Gasteiger partial charge in [0.2, 0.25) is 5.91 Å². The number of rotatable bonds is 5. The van der Waals surface area contributed by atoms with Gasteiger partial charge in [0.15, 0.2) is 11.6 Å². The van der Waals surface area contributed by atoms with E-state index in [4.69, 9.17) is 4.74 Å². The molecule has 0 unspecified atom stereocenters. The van der Waals surface area contributed by atoms with E-state index in [1.807, 2.05) is 0 Å². The van der Waals surface area contributed by atoms with Gasteiger partial charge in [-0.15, -0.1) is 0 Å². The molecule has 9 heteroatoms. The van der Waals surface area contributed by atoms with Crippen LogP contribution in [0, 0.1) is 11.6 Å². The van der Waals surface area contributed by atoms with Gasteiger partial charge in [0.1, 0.15) is 11.8 Å². The maximum Gasteiger partial charge on any atom is 0.414 e. The molecule has 0 aliphatic carbocycles. The van der Waals surface area contributed by atoms with Crippen molar-refractivity contribution in [3.8, 4) is 0 Å². The minimum Gasteiger partial charge on any atom is -0.442 e. The predicted molar refractivity (Wildman–Crippen MR) is 85.5 cm³/mol. The Labute approximate surface area is 143 Å². The van der Waals surface area contributed by atoms with Crippen LogP contribution in [0.4, 0.5) is 25.0 Å². The first-order valence-electron chi connectivity index (χ1n) is 8.06. The second-order valence-electron chi connectivity index (χ2n) is 6.09. The van der Waals surface area contributed by atoms with E-state index < -0.39 is 29.9 Å². The molecule has 25 heavy (non-hydrogen) atoms. The fraction of sp³-hybridized carbons (Fsp3) is 0.500. The summed E-state index contributed by atoms with van der Waals surface area (Å²) >= 11 is 0. The summed E-state index contributed by atoms with van der Waals surface area (Å²) < 4.78 is 33.7. The highest BCUT2D eigenvalue weighted by Crippen LogP contribution is 2.32. The third-order valence-corrected chi connectivity index (χ3v) is 4.21. The average molecular weight is 355 g/mol. The number of nitrogens with zero attached hydrogens (tertiary/aromatic N) is 2. The second-order valence-corrected chi connectivity index (χ2v) is 6.09. The van der Waals surface area contributed by atoms with Gasteiger partial charge in [0.25, 0.3) is 0 Å². The Kier molecular flexibility index (Phi) is 4.76. The highest BCUT2D eigenvalue weighted by atomic mass is 19.1. The number of ether oxygens (including phenoxy) is 1. The molecule has 2 amide bonds. The van der Waals surface area contributed by atoms with E-state index in [1.54, 1.807) is 6.92 Å². The fourth-order valence-corrected chi connectivity index (χ4v) is 2.84. The molecule has 1 aromatic carbocycles. The Morgan fingerprint density at radius 2 is 1.96 bits per heavy atom. The van der Waals surface area contributed by atoms with Crippen molar-refractivity contribution >= 4 is 23.4 Å². The van der Waals surface area contributed by atoms with Crippen LogP contribution in [0.25, 0.3) is 0 Å². The smallest absolute Gasteiger partial charge is 0.414 e. The molecule has 2 saturated heterocycles. The average Bonchev–Trinajstić information content (AvgIpc) is 2.91. The van der Waals surface area contributed by atoms with Crippen LogP contribution >= 0.6 is 0 Å². The van der Waals surface area contributed by atoms with Crippen molar-refractivity contribution < 1.29 is 28.2 Å². The number of benzene rings is 1. The molecule has 3 rings (SSSR count). The van der Waals surface area contributed by atoms with E-state index in [9.17, 15) is 23.5 Å². The number of β-amino-alcohol motifs (C(OH)–C–C–N with tert-alkyl or cyclic N) is 1. The van der Waals surface area contributed by atoms with Crippen LogP contribution < -0.4 is 15.1 Å². The van der Waals surface area contributed by atoms with Crippen molar-refractivity contribution in [2.45, 2.75) is 25.6 Å². The standard InChI is InChI=1S/C16H19F2N3O4/c1-2-14(23)19-5-11-8-21(16(24)25-11)9-3-12(17)15(13(18)4-9)20-6-10(22)7-20/h3-4,10-11,22H,2,5-8H2,1H3,(H,19,23)/t11-/m0/s1. The number of hydrogen-bond acceptors (Lipinski definition) is 5. The monoisotopic (exact) mass is 355 g/mol. The first kappa shape index (κ1) is 17.4. The van der Waals surface area contributed by atoms with Crippen molar-refractivity contribution in [1.29, 1.82) is 0 Å². The topological polar surface area (TPSA) is 82.1 Å². The molecule has 2 heterocycles. The molecular formula is C16H19F2N3O4. The summed E-state index contributed by atoms with van der Waals surface area (Å²) in [5.41, 5.74) is -0.164. The van der Waals surface area contributed by atoms with Crippen LogP contribution in [0.3, 0.4) is 0 Å². The zero-order chi connectivity index (χ0) is 18.1. The van der Waals surface area contributed by atoms with Gasteiger partial charge < -0.3 is 20.1 Å². The van der Waals surface area contributed by atoms with Crippen LogP contribution in [-0.4, -0.2) is 55.5 Å². The van der Waals surface area contributed by atoms with Gasteiger partial charge >= 0.3 is 6.09 Å². The van der Waals surface area contributed by atoms with Gasteiger partial charge in [-0.1, -0.05) is 6.92 Å². The van der Waals surface area contributed by atoms with E-state index >= 15 is 0 Å². The zero-order valence-corrected chi connectivity index (χ0v) is 13.7. The molecular weight excluding hydrogens is 336 g/mol. The number of amides is 2. The van der Waals surface area contributed by atoms with Crippen LogP contribution in [0.15, 0.2) is 12.1 Å². The fourth-order valence-electron chi connectivity index (χ4n) is 2.84. The lowest BCUT2D eigenvalue weighted by molar-refractivity contribution is -0.121. The van der Waals surface area contributed by atoms with Crippen molar-refractivity contribution in [3.05, 3.63) is 23.8 Å². The largest absolute Gasteiger partial charge is 0.442 e. The summed E-state index contributed by atoms with van der Waals surface area (Å²) in [6.07, 6.45) is -1.58. The summed E-state index contributed by atoms with van der Waals surface area (Å²) in [4.78, 5) is 25.7. The van der Waals surface area contributed by atoms with E-state index in [2.05, 4.69) is 5.32 Å². The number of halogens is 2. The number of nitrogens with one attached hydrogen (secondary N) is 1. The summed E-state index contributed by atoms with van der Waals surface area (Å²) in [7, 11) is 0. The highest BCUT2D eigenvalue weighted by Gasteiger charge is 2.35. The maximum atomic E-state index is 14.3. The molecule has 2 N–H and O–H groups in total. The number of hydrogen-bond donors (Lipinski definition) is 2. The number of carbonyl (C=O) groups is 2. The lowest BCUT2D eigenvalue weighted by Gasteiger charge is -2.38. The summed E-state index contributed by atoms with van der Waals surface area (Å²) in [6, 6.07) is 2.13. The van der Waals surface area contributed by atoms with Crippen molar-refractivity contribution in [2.75, 3.05) is 36.0 Å². The zero-order valence-electron chi connectivity index (χ0n) is 13.7. The third-order valence-electron chi connectivity index (χ3n) is 4.21. The van der Waals surface area contributed by atoms with Gasteiger partial charge in [-0.25, -0.2) is 13.6 Å². The van der Waals surface area contributed by atoms with Crippen LogP contribution in [0.1, 0.15) is 13.3 Å². The van der Waals surface area contributed by atoms with Crippen LogP contribution in [0.5, 0.6) is 0 Å². The predicted octanol–water partition coefficient (Wildman–Crippen LogP) is 0.997. The number of aliphatic hydroxyl groups is 1. The van der Waals surface area contributed by atoms with E-state index in [1.165, 1.54) is 4.90 Å². The summed E-state index contributed by atoms with van der Waals surface area (Å²) in [6.45, 7) is 2.26. The molecule has 1 aromatic rings. The molecule has 2 aliphatic rings. The lowest BCUT2D eigenvalue weighted by atomic mass is 10.1. The van der Waals surface area contributed by atoms with Crippen LogP contribution in [0.2, 0.25) is 0 Å². The normalized spacial score (nSPS) is 20.5. The minimum atomic E-state index is -0.808. The summed E-state index contributed by atoms with van der Waals surface area (Å²) in [5, 5.41) is 11.9. The van der Waals surface area contributed by atoms with Gasteiger partial charge in [0.05, 0.1) is 24.9 Å². The van der Waals surface area contributed by atoms with Crippen molar-refractivity contribution in [3.63, 3.8) is 0 Å². The van der Waals surface area contributed by atoms with Gasteiger partial charge in [0, 0.05) is 31.6 Å². The van der Waals surface area contributed by atoms with Gasteiger partial charge in [-0.2, -0.15) is 0 Å². The highest BCUT2D eigenvalue weighted by molar-refractivity contribution is 5.90. The molecule has 7 nitrogen and oxygen atoms in total. The van der Waals surface area contributed by atoms with E-state index in [0.717, 1.165) is 17.0 Å². The molecule has 0 spiro atoms. The Balaban J connectivity index is 1.71.